The topological polar surface area (TPSA) is 52.5 Å². The summed E-state index contributed by atoms with van der Waals surface area (Å²) in [5.74, 6) is 0.313. The number of hydrogen-bond acceptors (Lipinski definition) is 3. The Balaban J connectivity index is 1.91. The molecule has 0 aliphatic heterocycles. The Hall–Kier alpha value is -1.06. The van der Waals surface area contributed by atoms with E-state index in [1.807, 2.05) is 12.1 Å². The Morgan fingerprint density at radius 3 is 2.44 bits per heavy atom. The van der Waals surface area contributed by atoms with Gasteiger partial charge in [0.05, 0.1) is 0 Å². The summed E-state index contributed by atoms with van der Waals surface area (Å²) >= 11 is 0. The Kier molecular flexibility index (Phi) is 4.25. The van der Waals surface area contributed by atoms with Crippen molar-refractivity contribution < 1.29 is 10.2 Å². The molecule has 0 amide bonds. The molecule has 0 heterocycles. The summed E-state index contributed by atoms with van der Waals surface area (Å²) in [5.41, 5.74) is 1.56. The molecule has 100 valence electrons. The number of phenols is 1. The van der Waals surface area contributed by atoms with E-state index in [1.54, 1.807) is 12.1 Å². The molecule has 3 heteroatoms. The Morgan fingerprint density at radius 2 is 1.94 bits per heavy atom. The van der Waals surface area contributed by atoms with Gasteiger partial charge in [-0.1, -0.05) is 19.1 Å². The average molecular weight is 249 g/mol. The molecule has 1 aromatic carbocycles. The summed E-state index contributed by atoms with van der Waals surface area (Å²) in [6.07, 6.45) is 4.39. The minimum absolute atomic E-state index is 0.289. The first-order valence-corrected chi connectivity index (χ1v) is 6.82. The van der Waals surface area contributed by atoms with E-state index in [9.17, 15) is 5.11 Å². The van der Waals surface area contributed by atoms with E-state index in [2.05, 4.69) is 12.2 Å². The van der Waals surface area contributed by atoms with E-state index in [4.69, 9.17) is 5.11 Å². The molecule has 1 aromatic rings. The molecule has 3 N–H and O–H groups in total. The molecule has 0 bridgehead atoms. The third kappa shape index (κ3) is 3.24. The molecule has 0 spiro atoms. The molecule has 1 saturated carbocycles. The van der Waals surface area contributed by atoms with Crippen molar-refractivity contribution in [1.82, 2.24) is 5.32 Å². The molecule has 3 nitrogen and oxygen atoms in total. The lowest BCUT2D eigenvalue weighted by Gasteiger charge is -2.22. The Bertz CT molecular complexity index is 371. The highest BCUT2D eigenvalue weighted by molar-refractivity contribution is 5.28. The third-order valence-corrected chi connectivity index (χ3v) is 4.03. The van der Waals surface area contributed by atoms with Gasteiger partial charge < -0.3 is 15.5 Å². The van der Waals surface area contributed by atoms with Gasteiger partial charge in [-0.3, -0.25) is 0 Å². The number of nitrogens with one attached hydrogen (secondary N) is 1. The Morgan fingerprint density at radius 1 is 1.28 bits per heavy atom. The second-order valence-electron chi connectivity index (χ2n) is 5.41. The lowest BCUT2D eigenvalue weighted by molar-refractivity contribution is 0.241. The fourth-order valence-electron chi connectivity index (χ4n) is 2.47. The van der Waals surface area contributed by atoms with Crippen LogP contribution in [0, 0.1) is 5.41 Å². The molecule has 18 heavy (non-hydrogen) atoms. The van der Waals surface area contributed by atoms with Crippen molar-refractivity contribution in [2.24, 2.45) is 5.41 Å². The highest BCUT2D eigenvalue weighted by Gasteiger charge is 2.41. The Labute approximate surface area is 109 Å². The summed E-state index contributed by atoms with van der Waals surface area (Å²) in [6, 6.07) is 7.76. The van der Waals surface area contributed by atoms with Crippen LogP contribution in [0.5, 0.6) is 5.75 Å². The molecule has 0 saturated heterocycles. The van der Waals surface area contributed by atoms with Crippen LogP contribution in [0.3, 0.4) is 0 Å². The van der Waals surface area contributed by atoms with Crippen molar-refractivity contribution >= 4 is 0 Å². The number of aliphatic hydroxyl groups is 1. The fraction of sp³-hybridized carbons (Fsp3) is 0.600. The molecule has 1 atom stereocenters. The van der Waals surface area contributed by atoms with E-state index in [0.717, 1.165) is 19.4 Å². The minimum atomic E-state index is 0.289. The van der Waals surface area contributed by atoms with Crippen LogP contribution in [0.1, 0.15) is 44.2 Å². The molecule has 1 fully saturated rings. The van der Waals surface area contributed by atoms with Crippen LogP contribution in [0.4, 0.5) is 0 Å². The second-order valence-corrected chi connectivity index (χ2v) is 5.41. The maximum Gasteiger partial charge on any atom is 0.115 e. The molecule has 1 aliphatic carbocycles. The first kappa shape index (κ1) is 13.4. The standard InChI is InChI=1S/C15H23NO2/c1-2-14(12-3-5-13(18)6-4-12)16-11-15(7-8-15)9-10-17/h3-6,14,16-18H,2,7-11H2,1H3. The second kappa shape index (κ2) is 5.72. The van der Waals surface area contributed by atoms with Crippen molar-refractivity contribution in [1.29, 1.82) is 0 Å². The molecule has 0 radical (unpaired) electrons. The zero-order valence-corrected chi connectivity index (χ0v) is 11.0. The van der Waals surface area contributed by atoms with Crippen molar-refractivity contribution in [3.8, 4) is 5.75 Å². The summed E-state index contributed by atoms with van der Waals surface area (Å²) in [7, 11) is 0. The number of benzene rings is 1. The predicted molar refractivity (Wildman–Crippen MR) is 72.5 cm³/mol. The molecule has 2 rings (SSSR count). The van der Waals surface area contributed by atoms with E-state index < -0.39 is 0 Å². The van der Waals surface area contributed by atoms with Crippen molar-refractivity contribution in [3.05, 3.63) is 29.8 Å². The van der Waals surface area contributed by atoms with Gasteiger partial charge in [0.1, 0.15) is 5.75 Å². The zero-order valence-electron chi connectivity index (χ0n) is 11.0. The molecule has 0 aromatic heterocycles. The van der Waals surface area contributed by atoms with Crippen LogP contribution in [-0.2, 0) is 0 Å². The summed E-state index contributed by atoms with van der Waals surface area (Å²) in [4.78, 5) is 0. The van der Waals surface area contributed by atoms with Crippen LogP contribution in [0.25, 0.3) is 0 Å². The van der Waals surface area contributed by atoms with E-state index in [0.29, 0.717) is 17.2 Å². The minimum Gasteiger partial charge on any atom is -0.508 e. The summed E-state index contributed by atoms with van der Waals surface area (Å²) < 4.78 is 0. The van der Waals surface area contributed by atoms with Crippen LogP contribution >= 0.6 is 0 Å². The van der Waals surface area contributed by atoms with E-state index >= 15 is 0 Å². The number of aliphatic hydroxyl groups excluding tert-OH is 1. The van der Waals surface area contributed by atoms with E-state index in [1.165, 1.54) is 18.4 Å². The number of rotatable bonds is 7. The maximum absolute atomic E-state index is 9.30. The van der Waals surface area contributed by atoms with Gasteiger partial charge in [0.15, 0.2) is 0 Å². The lowest BCUT2D eigenvalue weighted by atomic mass is 10.00. The fourth-order valence-corrected chi connectivity index (χ4v) is 2.47. The smallest absolute Gasteiger partial charge is 0.115 e. The number of phenolic OH excluding ortho intramolecular Hbond substituents is 1. The van der Waals surface area contributed by atoms with Gasteiger partial charge in [-0.2, -0.15) is 0 Å². The highest BCUT2D eigenvalue weighted by atomic mass is 16.3. The monoisotopic (exact) mass is 249 g/mol. The number of hydrogen-bond donors (Lipinski definition) is 3. The van der Waals surface area contributed by atoms with Gasteiger partial charge in [0, 0.05) is 19.2 Å². The van der Waals surface area contributed by atoms with Crippen LogP contribution in [0.15, 0.2) is 24.3 Å². The first-order chi connectivity index (χ1) is 8.69. The maximum atomic E-state index is 9.30. The van der Waals surface area contributed by atoms with Crippen molar-refractivity contribution in [2.45, 2.75) is 38.6 Å². The molecule has 1 aliphatic rings. The van der Waals surface area contributed by atoms with Gasteiger partial charge in [-0.15, -0.1) is 0 Å². The quantitative estimate of drug-likeness (QED) is 0.696. The van der Waals surface area contributed by atoms with Gasteiger partial charge in [0.25, 0.3) is 0 Å². The first-order valence-electron chi connectivity index (χ1n) is 6.82. The van der Waals surface area contributed by atoms with Crippen LogP contribution < -0.4 is 5.32 Å². The van der Waals surface area contributed by atoms with Gasteiger partial charge in [-0.05, 0) is 48.8 Å². The van der Waals surface area contributed by atoms with Crippen molar-refractivity contribution in [2.75, 3.05) is 13.2 Å². The van der Waals surface area contributed by atoms with Gasteiger partial charge in [0.2, 0.25) is 0 Å². The SMILES string of the molecule is CCC(NCC1(CCO)CC1)c1ccc(O)cc1. The summed E-state index contributed by atoms with van der Waals surface area (Å²) in [6.45, 7) is 3.43. The third-order valence-electron chi connectivity index (χ3n) is 4.03. The van der Waals surface area contributed by atoms with Gasteiger partial charge in [-0.25, -0.2) is 0 Å². The van der Waals surface area contributed by atoms with E-state index in [-0.39, 0.29) is 6.61 Å². The largest absolute Gasteiger partial charge is 0.508 e. The highest BCUT2D eigenvalue weighted by Crippen LogP contribution is 2.48. The lowest BCUT2D eigenvalue weighted by Crippen LogP contribution is -2.28. The van der Waals surface area contributed by atoms with Gasteiger partial charge >= 0.3 is 0 Å². The predicted octanol–water partition coefficient (Wildman–Crippen LogP) is 2.60. The van der Waals surface area contributed by atoms with Crippen LogP contribution in [0.2, 0.25) is 0 Å². The molecule has 1 unspecified atom stereocenters. The normalized spacial score (nSPS) is 18.6. The summed E-state index contributed by atoms with van der Waals surface area (Å²) in [5, 5.41) is 22.0. The number of aromatic hydroxyl groups is 1. The molecular weight excluding hydrogens is 226 g/mol. The van der Waals surface area contributed by atoms with Crippen molar-refractivity contribution in [3.63, 3.8) is 0 Å². The zero-order chi connectivity index (χ0) is 13.0. The molecular formula is C15H23NO2. The van der Waals surface area contributed by atoms with Crippen LogP contribution in [-0.4, -0.2) is 23.4 Å². The average Bonchev–Trinajstić information content (AvgIpc) is 3.13.